The summed E-state index contributed by atoms with van der Waals surface area (Å²) in [6, 6.07) is 14.1. The van der Waals surface area contributed by atoms with Gasteiger partial charge in [0.05, 0.1) is 19.1 Å². The average molecular weight is 313 g/mol. The van der Waals surface area contributed by atoms with Crippen molar-refractivity contribution in [2.24, 2.45) is 0 Å². The molecule has 0 aliphatic heterocycles. The summed E-state index contributed by atoms with van der Waals surface area (Å²) < 4.78 is 26.1. The lowest BCUT2D eigenvalue weighted by atomic mass is 10.2. The maximum atomic E-state index is 7.78. The third-order valence-electron chi connectivity index (χ3n) is 2.94. The lowest BCUT2D eigenvalue weighted by Crippen LogP contribution is -2.07. The van der Waals surface area contributed by atoms with Crippen LogP contribution >= 0.6 is 0 Å². The molecule has 0 amide bonds. The van der Waals surface area contributed by atoms with Gasteiger partial charge in [0.1, 0.15) is 5.75 Å². The molecular formula is C17H15NO5. The Morgan fingerprint density at radius 1 is 0.957 bits per heavy atom. The van der Waals surface area contributed by atoms with Crippen LogP contribution in [0.3, 0.4) is 0 Å². The smallest absolute Gasteiger partial charge is 0.286 e. The van der Waals surface area contributed by atoms with Gasteiger partial charge in [0.2, 0.25) is 0 Å². The molecule has 6 nitrogen and oxygen atoms in total. The molecule has 0 atom stereocenters. The molecule has 0 aliphatic rings. The lowest BCUT2D eigenvalue weighted by Gasteiger charge is -2.07. The highest BCUT2D eigenvalue weighted by atomic mass is 16.7. The summed E-state index contributed by atoms with van der Waals surface area (Å²) in [5, 5.41) is 7.78. The zero-order chi connectivity index (χ0) is 15.9. The first-order chi connectivity index (χ1) is 11.3. The van der Waals surface area contributed by atoms with Crippen LogP contribution in [-0.4, -0.2) is 12.7 Å². The van der Waals surface area contributed by atoms with E-state index in [1.165, 1.54) is 12.5 Å². The quantitative estimate of drug-likeness (QED) is 0.310. The van der Waals surface area contributed by atoms with Gasteiger partial charge < -0.3 is 23.0 Å². The molecule has 0 saturated heterocycles. The van der Waals surface area contributed by atoms with Gasteiger partial charge in [-0.05, 0) is 35.9 Å². The molecule has 1 N–H and O–H groups in total. The van der Waals surface area contributed by atoms with Crippen LogP contribution in [0.2, 0.25) is 0 Å². The van der Waals surface area contributed by atoms with Crippen molar-refractivity contribution in [1.29, 1.82) is 5.41 Å². The zero-order valence-corrected chi connectivity index (χ0v) is 12.2. The predicted octanol–water partition coefficient (Wildman–Crippen LogP) is 3.83. The largest absolute Gasteiger partial charge is 0.459 e. The van der Waals surface area contributed by atoms with Gasteiger partial charge in [-0.15, -0.1) is 0 Å². The van der Waals surface area contributed by atoms with Crippen molar-refractivity contribution in [1.82, 2.24) is 0 Å². The van der Waals surface area contributed by atoms with E-state index in [1.807, 2.05) is 12.1 Å². The van der Waals surface area contributed by atoms with Crippen molar-refractivity contribution < 1.29 is 23.0 Å². The van der Waals surface area contributed by atoms with E-state index < -0.39 is 0 Å². The van der Waals surface area contributed by atoms with E-state index in [1.54, 1.807) is 36.4 Å². The fraction of sp³-hybridized carbons (Fsp3) is 0.118. The van der Waals surface area contributed by atoms with Gasteiger partial charge in [-0.25, -0.2) is 0 Å². The second kappa shape index (κ2) is 7.33. The minimum Gasteiger partial charge on any atom is -0.459 e. The fourth-order valence-corrected chi connectivity index (χ4v) is 1.83. The van der Waals surface area contributed by atoms with E-state index in [-0.39, 0.29) is 12.7 Å². The Morgan fingerprint density at radius 2 is 1.74 bits per heavy atom. The highest BCUT2D eigenvalue weighted by Gasteiger charge is 2.07. The Balaban J connectivity index is 1.44. The SMILES string of the molecule is N=C(Oc1ccc(COCOc2ccco2)cc1)c1ccco1. The number of hydrogen-bond acceptors (Lipinski definition) is 6. The Morgan fingerprint density at radius 3 is 2.43 bits per heavy atom. The normalized spacial score (nSPS) is 10.4. The molecule has 0 spiro atoms. The second-order valence-corrected chi connectivity index (χ2v) is 4.60. The van der Waals surface area contributed by atoms with Gasteiger partial charge in [0.25, 0.3) is 11.8 Å². The molecule has 0 bridgehead atoms. The Labute approximate surface area is 132 Å². The number of benzene rings is 1. The first-order valence-corrected chi connectivity index (χ1v) is 6.94. The van der Waals surface area contributed by atoms with Crippen LogP contribution < -0.4 is 9.47 Å². The van der Waals surface area contributed by atoms with Crippen molar-refractivity contribution in [3.8, 4) is 11.7 Å². The number of rotatable bonds is 7. The number of ether oxygens (including phenoxy) is 3. The average Bonchev–Trinajstić information content (AvgIpc) is 3.26. The van der Waals surface area contributed by atoms with E-state index in [4.69, 9.17) is 28.5 Å². The van der Waals surface area contributed by atoms with Crippen molar-refractivity contribution >= 4 is 5.90 Å². The van der Waals surface area contributed by atoms with Crippen LogP contribution in [0.15, 0.2) is 69.9 Å². The van der Waals surface area contributed by atoms with Crippen LogP contribution in [-0.2, 0) is 11.3 Å². The van der Waals surface area contributed by atoms with Crippen molar-refractivity contribution in [3.63, 3.8) is 0 Å². The van der Waals surface area contributed by atoms with E-state index in [0.29, 0.717) is 24.1 Å². The molecule has 0 unspecified atom stereocenters. The third-order valence-corrected chi connectivity index (χ3v) is 2.94. The standard InChI is InChI=1S/C17H15NO5/c18-17(15-3-1-9-20-15)23-14-7-5-13(6-8-14)11-19-12-22-16-4-2-10-21-16/h1-10,18H,11-12H2. The van der Waals surface area contributed by atoms with E-state index in [0.717, 1.165) is 5.56 Å². The maximum absolute atomic E-state index is 7.78. The molecular weight excluding hydrogens is 298 g/mol. The van der Waals surface area contributed by atoms with Gasteiger partial charge in [0, 0.05) is 6.07 Å². The number of furan rings is 2. The molecule has 3 aromatic rings. The molecule has 6 heteroatoms. The molecule has 2 heterocycles. The summed E-state index contributed by atoms with van der Waals surface area (Å²) in [5.41, 5.74) is 0.963. The third kappa shape index (κ3) is 4.24. The summed E-state index contributed by atoms with van der Waals surface area (Å²) in [7, 11) is 0. The number of hydrogen-bond donors (Lipinski definition) is 1. The first kappa shape index (κ1) is 14.9. The van der Waals surface area contributed by atoms with Crippen LogP contribution in [0.25, 0.3) is 0 Å². The minimum atomic E-state index is -0.0363. The lowest BCUT2D eigenvalue weighted by molar-refractivity contribution is -0.00722. The molecule has 3 rings (SSSR count). The van der Waals surface area contributed by atoms with Gasteiger partial charge >= 0.3 is 0 Å². The highest BCUT2D eigenvalue weighted by molar-refractivity contribution is 5.90. The van der Waals surface area contributed by atoms with Gasteiger partial charge in [-0.2, -0.15) is 0 Å². The topological polar surface area (TPSA) is 77.8 Å². The summed E-state index contributed by atoms with van der Waals surface area (Å²) >= 11 is 0. The minimum absolute atomic E-state index is 0.0363. The predicted molar refractivity (Wildman–Crippen MR) is 81.6 cm³/mol. The molecule has 0 aliphatic carbocycles. The van der Waals surface area contributed by atoms with Crippen molar-refractivity contribution in [2.75, 3.05) is 6.79 Å². The zero-order valence-electron chi connectivity index (χ0n) is 12.2. The highest BCUT2D eigenvalue weighted by Crippen LogP contribution is 2.15. The van der Waals surface area contributed by atoms with Crippen LogP contribution in [0.5, 0.6) is 11.7 Å². The number of nitrogens with one attached hydrogen (secondary N) is 1. The molecule has 118 valence electrons. The van der Waals surface area contributed by atoms with E-state index >= 15 is 0 Å². The van der Waals surface area contributed by atoms with Gasteiger partial charge in [0.15, 0.2) is 12.6 Å². The maximum Gasteiger partial charge on any atom is 0.286 e. The summed E-state index contributed by atoms with van der Waals surface area (Å²) in [6.45, 7) is 0.505. The van der Waals surface area contributed by atoms with Crippen molar-refractivity contribution in [3.05, 3.63) is 72.4 Å². The summed E-state index contributed by atoms with van der Waals surface area (Å²) in [4.78, 5) is 0. The molecule has 0 saturated carbocycles. The van der Waals surface area contributed by atoms with E-state index in [9.17, 15) is 0 Å². The Hall–Kier alpha value is -2.99. The molecule has 2 aromatic heterocycles. The van der Waals surface area contributed by atoms with Crippen LogP contribution in [0, 0.1) is 5.41 Å². The van der Waals surface area contributed by atoms with Crippen molar-refractivity contribution in [2.45, 2.75) is 6.61 Å². The van der Waals surface area contributed by atoms with E-state index in [2.05, 4.69) is 0 Å². The molecule has 1 aromatic carbocycles. The molecule has 23 heavy (non-hydrogen) atoms. The molecule has 0 fully saturated rings. The fourth-order valence-electron chi connectivity index (χ4n) is 1.83. The first-order valence-electron chi connectivity index (χ1n) is 6.94. The summed E-state index contributed by atoms with van der Waals surface area (Å²) in [6.07, 6.45) is 3.03. The van der Waals surface area contributed by atoms with Gasteiger partial charge in [-0.3, -0.25) is 5.41 Å². The van der Waals surface area contributed by atoms with Crippen LogP contribution in [0.1, 0.15) is 11.3 Å². The summed E-state index contributed by atoms with van der Waals surface area (Å²) in [5.74, 6) is 1.32. The van der Waals surface area contributed by atoms with Crippen LogP contribution in [0.4, 0.5) is 0 Å². The molecule has 0 radical (unpaired) electrons. The Bertz CT molecular complexity index is 717. The Kier molecular flexibility index (Phi) is 4.76. The monoisotopic (exact) mass is 313 g/mol. The van der Waals surface area contributed by atoms with Gasteiger partial charge in [-0.1, -0.05) is 12.1 Å². The second-order valence-electron chi connectivity index (χ2n) is 4.60.